The van der Waals surface area contributed by atoms with Gasteiger partial charge in [-0.1, -0.05) is 24.3 Å². The van der Waals surface area contributed by atoms with Crippen molar-refractivity contribution in [2.24, 2.45) is 0 Å². The van der Waals surface area contributed by atoms with Crippen molar-refractivity contribution in [3.63, 3.8) is 0 Å². The first-order valence-electron chi connectivity index (χ1n) is 7.35. The van der Waals surface area contributed by atoms with E-state index in [0.717, 1.165) is 19.8 Å². The van der Waals surface area contributed by atoms with Crippen LogP contribution in [0.25, 0.3) is 0 Å². The van der Waals surface area contributed by atoms with Crippen LogP contribution in [0.4, 0.5) is 0 Å². The Morgan fingerprint density at radius 2 is 2.04 bits per heavy atom. The number of nitrogens with zero attached hydrogens (tertiary/aromatic N) is 1. The SMILES string of the molecule is CC(C(=O)N1CCc2ccccc2C1C(=O)O)c1ccc(Br)s1. The van der Waals surface area contributed by atoms with Crippen molar-refractivity contribution in [1.82, 2.24) is 4.90 Å². The minimum Gasteiger partial charge on any atom is -0.479 e. The van der Waals surface area contributed by atoms with Crippen LogP contribution in [0.5, 0.6) is 0 Å². The first-order valence-corrected chi connectivity index (χ1v) is 8.96. The fourth-order valence-corrected chi connectivity index (χ4v) is 4.47. The van der Waals surface area contributed by atoms with Crippen molar-refractivity contribution in [2.75, 3.05) is 6.54 Å². The van der Waals surface area contributed by atoms with Crippen LogP contribution in [0.1, 0.15) is 34.9 Å². The number of fused-ring (bicyclic) bond motifs is 1. The molecule has 2 unspecified atom stereocenters. The summed E-state index contributed by atoms with van der Waals surface area (Å²) in [6.07, 6.45) is 0.687. The monoisotopic (exact) mass is 393 g/mol. The number of hydrogen-bond acceptors (Lipinski definition) is 3. The van der Waals surface area contributed by atoms with E-state index in [1.165, 1.54) is 16.2 Å². The fourth-order valence-electron chi connectivity index (χ4n) is 3.00. The largest absolute Gasteiger partial charge is 0.479 e. The van der Waals surface area contributed by atoms with Crippen molar-refractivity contribution in [1.29, 1.82) is 0 Å². The molecule has 0 spiro atoms. The highest BCUT2D eigenvalue weighted by Gasteiger charge is 2.37. The van der Waals surface area contributed by atoms with Crippen LogP contribution < -0.4 is 0 Å². The summed E-state index contributed by atoms with van der Waals surface area (Å²) in [7, 11) is 0. The van der Waals surface area contributed by atoms with E-state index < -0.39 is 12.0 Å². The Kier molecular flexibility index (Phi) is 4.55. The van der Waals surface area contributed by atoms with Crippen LogP contribution in [0.2, 0.25) is 0 Å². The molecule has 1 N–H and O–H groups in total. The van der Waals surface area contributed by atoms with Gasteiger partial charge in [-0.2, -0.15) is 0 Å². The summed E-state index contributed by atoms with van der Waals surface area (Å²) in [6.45, 7) is 2.27. The number of halogens is 1. The summed E-state index contributed by atoms with van der Waals surface area (Å²) in [5.74, 6) is -1.47. The minimum absolute atomic E-state index is 0.138. The lowest BCUT2D eigenvalue weighted by Crippen LogP contribution is -2.45. The van der Waals surface area contributed by atoms with Gasteiger partial charge in [-0.25, -0.2) is 4.79 Å². The number of aliphatic carboxylic acids is 1. The van der Waals surface area contributed by atoms with Crippen LogP contribution >= 0.6 is 27.3 Å². The number of thiophene rings is 1. The average molecular weight is 394 g/mol. The third-order valence-electron chi connectivity index (χ3n) is 4.19. The summed E-state index contributed by atoms with van der Waals surface area (Å²) in [4.78, 5) is 27.1. The number of hydrogen-bond donors (Lipinski definition) is 1. The molecule has 0 radical (unpaired) electrons. The summed E-state index contributed by atoms with van der Waals surface area (Å²) in [6, 6.07) is 10.4. The Balaban J connectivity index is 1.92. The van der Waals surface area contributed by atoms with E-state index in [9.17, 15) is 14.7 Å². The van der Waals surface area contributed by atoms with Gasteiger partial charge >= 0.3 is 5.97 Å². The number of benzene rings is 1. The Morgan fingerprint density at radius 3 is 2.70 bits per heavy atom. The van der Waals surface area contributed by atoms with Crippen molar-refractivity contribution < 1.29 is 14.7 Å². The zero-order chi connectivity index (χ0) is 16.6. The lowest BCUT2D eigenvalue weighted by atomic mass is 9.91. The molecule has 3 rings (SSSR count). The molecule has 0 saturated carbocycles. The van der Waals surface area contributed by atoms with Gasteiger partial charge in [0.2, 0.25) is 5.91 Å². The Labute approximate surface area is 146 Å². The second-order valence-electron chi connectivity index (χ2n) is 5.58. The standard InChI is InChI=1S/C17H16BrNO3S/c1-10(13-6-7-14(18)23-13)16(20)19-9-8-11-4-2-3-5-12(11)15(19)17(21)22/h2-7,10,15H,8-9H2,1H3,(H,21,22). The first-order chi connectivity index (χ1) is 11.0. The molecule has 4 nitrogen and oxygen atoms in total. The second kappa shape index (κ2) is 6.45. The minimum atomic E-state index is -0.981. The molecule has 0 fully saturated rings. The van der Waals surface area contributed by atoms with Gasteiger partial charge in [0.15, 0.2) is 6.04 Å². The third-order valence-corrected chi connectivity index (χ3v) is 6.00. The van der Waals surface area contributed by atoms with Crippen molar-refractivity contribution >= 4 is 39.1 Å². The average Bonchev–Trinajstić information content (AvgIpc) is 2.98. The van der Waals surface area contributed by atoms with E-state index in [1.54, 1.807) is 6.07 Å². The van der Waals surface area contributed by atoms with Crippen molar-refractivity contribution in [2.45, 2.75) is 25.3 Å². The van der Waals surface area contributed by atoms with E-state index in [2.05, 4.69) is 15.9 Å². The van der Waals surface area contributed by atoms with Gasteiger partial charge in [-0.05, 0) is 52.5 Å². The maximum atomic E-state index is 12.9. The zero-order valence-corrected chi connectivity index (χ0v) is 14.9. The lowest BCUT2D eigenvalue weighted by molar-refractivity contribution is -0.151. The molecular formula is C17H16BrNO3S. The predicted molar refractivity (Wildman–Crippen MR) is 92.7 cm³/mol. The Bertz CT molecular complexity index is 758. The van der Waals surface area contributed by atoms with Gasteiger partial charge in [-0.15, -0.1) is 11.3 Å². The molecule has 6 heteroatoms. The molecule has 1 aromatic heterocycles. The van der Waals surface area contributed by atoms with Gasteiger partial charge in [0.1, 0.15) is 0 Å². The highest BCUT2D eigenvalue weighted by molar-refractivity contribution is 9.11. The summed E-state index contributed by atoms with van der Waals surface area (Å²) in [5.41, 5.74) is 1.73. The molecule has 0 aliphatic carbocycles. The number of carboxylic acids is 1. The molecule has 2 aromatic rings. The number of rotatable bonds is 3. The molecule has 23 heavy (non-hydrogen) atoms. The normalized spacial score (nSPS) is 18.3. The van der Waals surface area contributed by atoms with Crippen molar-refractivity contribution in [3.8, 4) is 0 Å². The summed E-state index contributed by atoms with van der Waals surface area (Å²) < 4.78 is 0.964. The molecule has 2 heterocycles. The second-order valence-corrected chi connectivity index (χ2v) is 8.08. The van der Waals surface area contributed by atoms with Crippen LogP contribution in [-0.4, -0.2) is 28.4 Å². The highest BCUT2D eigenvalue weighted by Crippen LogP contribution is 2.35. The van der Waals surface area contributed by atoms with Gasteiger partial charge in [-0.3, -0.25) is 4.79 Å². The maximum Gasteiger partial charge on any atom is 0.331 e. The van der Waals surface area contributed by atoms with Crippen molar-refractivity contribution in [3.05, 3.63) is 56.2 Å². The predicted octanol–water partition coefficient (Wildman–Crippen LogP) is 3.82. The summed E-state index contributed by atoms with van der Waals surface area (Å²) >= 11 is 4.91. The lowest BCUT2D eigenvalue weighted by Gasteiger charge is -2.36. The van der Waals surface area contributed by atoms with Gasteiger partial charge in [0.25, 0.3) is 0 Å². The van der Waals surface area contributed by atoms with Gasteiger partial charge in [0.05, 0.1) is 9.70 Å². The van der Waals surface area contributed by atoms with Crippen LogP contribution in [0, 0.1) is 0 Å². The van der Waals surface area contributed by atoms with Crippen LogP contribution in [-0.2, 0) is 16.0 Å². The van der Waals surface area contributed by atoms with E-state index in [0.29, 0.717) is 13.0 Å². The molecule has 1 aliphatic rings. The van der Waals surface area contributed by atoms with E-state index >= 15 is 0 Å². The zero-order valence-electron chi connectivity index (χ0n) is 12.5. The molecule has 1 aromatic carbocycles. The number of carbonyl (C=O) groups excluding carboxylic acids is 1. The summed E-state index contributed by atoms with van der Waals surface area (Å²) in [5, 5.41) is 9.66. The number of carbonyl (C=O) groups is 2. The smallest absolute Gasteiger partial charge is 0.331 e. The molecule has 2 atom stereocenters. The quantitative estimate of drug-likeness (QED) is 0.861. The molecular weight excluding hydrogens is 378 g/mol. The molecule has 0 saturated heterocycles. The molecule has 1 aliphatic heterocycles. The third kappa shape index (κ3) is 3.05. The number of amides is 1. The fraction of sp³-hybridized carbons (Fsp3) is 0.294. The maximum absolute atomic E-state index is 12.9. The molecule has 120 valence electrons. The van der Waals surface area contributed by atoms with Crippen LogP contribution in [0.3, 0.4) is 0 Å². The topological polar surface area (TPSA) is 57.6 Å². The van der Waals surface area contributed by atoms with E-state index in [4.69, 9.17) is 0 Å². The van der Waals surface area contributed by atoms with Gasteiger partial charge < -0.3 is 10.0 Å². The van der Waals surface area contributed by atoms with E-state index in [1.807, 2.05) is 37.3 Å². The first kappa shape index (κ1) is 16.2. The Hall–Kier alpha value is -1.66. The Morgan fingerprint density at radius 1 is 1.30 bits per heavy atom. The van der Waals surface area contributed by atoms with Gasteiger partial charge in [0, 0.05) is 11.4 Å². The number of carboxylic acid groups (broad SMARTS) is 1. The van der Waals surface area contributed by atoms with E-state index in [-0.39, 0.29) is 11.8 Å². The highest BCUT2D eigenvalue weighted by atomic mass is 79.9. The molecule has 1 amide bonds. The van der Waals surface area contributed by atoms with Crippen LogP contribution in [0.15, 0.2) is 40.2 Å². The molecule has 0 bridgehead atoms.